The van der Waals surface area contributed by atoms with Crippen LogP contribution >= 0.6 is 0 Å². The number of likely N-dealkylation sites (tertiary alicyclic amines) is 1. The van der Waals surface area contributed by atoms with Crippen LogP contribution in [0.5, 0.6) is 0 Å². The van der Waals surface area contributed by atoms with Crippen LogP contribution in [0.2, 0.25) is 0 Å². The Hall–Kier alpha value is -1.72. The van der Waals surface area contributed by atoms with Crippen LogP contribution in [0.1, 0.15) is 22.6 Å². The predicted molar refractivity (Wildman–Crippen MR) is 80.8 cm³/mol. The fraction of sp³-hybridized carbons (Fsp3) is 0.500. The highest BCUT2D eigenvalue weighted by atomic mass is 16.3. The molecule has 2 aromatic rings. The van der Waals surface area contributed by atoms with E-state index in [0.717, 1.165) is 36.6 Å². The summed E-state index contributed by atoms with van der Waals surface area (Å²) < 4.78 is 0. The zero-order chi connectivity index (χ0) is 14.8. The van der Waals surface area contributed by atoms with Crippen LogP contribution in [0.25, 0.3) is 0 Å². The molecule has 0 amide bonds. The van der Waals surface area contributed by atoms with Crippen LogP contribution in [-0.4, -0.2) is 44.4 Å². The Balaban J connectivity index is 1.59. The van der Waals surface area contributed by atoms with Crippen LogP contribution in [-0.2, 0) is 13.0 Å². The van der Waals surface area contributed by atoms with Gasteiger partial charge in [-0.05, 0) is 38.0 Å². The topological polar surface area (TPSA) is 65.0 Å². The highest BCUT2D eigenvalue weighted by molar-refractivity contribution is 5.13. The average molecular weight is 286 g/mol. The number of hydrogen-bond acceptors (Lipinski definition) is 4. The first-order chi connectivity index (χ1) is 10.1. The predicted octanol–water partition coefficient (Wildman–Crippen LogP) is 1.46. The van der Waals surface area contributed by atoms with E-state index in [1.54, 1.807) is 0 Å². The number of hydrogen-bond donors (Lipinski definition) is 2. The van der Waals surface area contributed by atoms with Crippen molar-refractivity contribution in [2.24, 2.45) is 5.92 Å². The zero-order valence-corrected chi connectivity index (χ0v) is 12.6. The molecule has 1 fully saturated rings. The Morgan fingerprint density at radius 3 is 2.81 bits per heavy atom. The van der Waals surface area contributed by atoms with Crippen molar-refractivity contribution in [3.05, 3.63) is 47.0 Å². The molecular formula is C16H22N4O. The summed E-state index contributed by atoms with van der Waals surface area (Å²) in [4.78, 5) is 6.71. The molecule has 2 atom stereocenters. The van der Waals surface area contributed by atoms with Gasteiger partial charge in [-0.3, -0.25) is 15.0 Å². The van der Waals surface area contributed by atoms with Gasteiger partial charge in [0, 0.05) is 37.4 Å². The second-order valence-electron chi connectivity index (χ2n) is 6.09. The molecule has 3 rings (SSSR count). The minimum absolute atomic E-state index is 0.248. The molecule has 5 nitrogen and oxygen atoms in total. The van der Waals surface area contributed by atoms with Crippen molar-refractivity contribution in [1.82, 2.24) is 20.1 Å². The standard InChI is InChI=1S/C16H22N4O/c1-11-3-4-14(17-7-11)9-20-8-13(16(21)10-20)6-15-5-12(2)18-19-15/h3-5,7,13,16,21H,6,8-10H2,1-2H3,(H,18,19)/t13-,16-/m1/s1. The second-order valence-corrected chi connectivity index (χ2v) is 6.09. The lowest BCUT2D eigenvalue weighted by Gasteiger charge is -2.14. The number of H-pyrrole nitrogens is 1. The third kappa shape index (κ3) is 3.49. The number of nitrogens with zero attached hydrogens (tertiary/aromatic N) is 3. The number of aliphatic hydroxyl groups is 1. The van der Waals surface area contributed by atoms with E-state index in [2.05, 4.69) is 38.3 Å². The summed E-state index contributed by atoms with van der Waals surface area (Å²) in [5.74, 6) is 0.248. The van der Waals surface area contributed by atoms with Crippen molar-refractivity contribution in [2.45, 2.75) is 32.9 Å². The molecule has 2 aromatic heterocycles. The molecule has 3 heterocycles. The van der Waals surface area contributed by atoms with Crippen LogP contribution < -0.4 is 0 Å². The quantitative estimate of drug-likeness (QED) is 0.893. The average Bonchev–Trinajstić information content (AvgIpc) is 3.00. The van der Waals surface area contributed by atoms with Gasteiger partial charge in [0.1, 0.15) is 0 Å². The molecule has 1 aliphatic rings. The van der Waals surface area contributed by atoms with Gasteiger partial charge >= 0.3 is 0 Å². The molecule has 1 aliphatic heterocycles. The summed E-state index contributed by atoms with van der Waals surface area (Å²) in [6.07, 6.45) is 2.43. The number of aromatic nitrogens is 3. The van der Waals surface area contributed by atoms with Crippen molar-refractivity contribution < 1.29 is 5.11 Å². The van der Waals surface area contributed by atoms with E-state index in [9.17, 15) is 5.11 Å². The maximum Gasteiger partial charge on any atom is 0.0711 e. The molecule has 5 heteroatoms. The molecule has 1 saturated heterocycles. The third-order valence-corrected chi connectivity index (χ3v) is 4.07. The minimum atomic E-state index is -0.285. The summed E-state index contributed by atoms with van der Waals surface area (Å²) in [5, 5.41) is 17.5. The fourth-order valence-corrected chi connectivity index (χ4v) is 2.94. The number of aryl methyl sites for hydroxylation is 2. The van der Waals surface area contributed by atoms with Crippen molar-refractivity contribution in [3.8, 4) is 0 Å². The van der Waals surface area contributed by atoms with Gasteiger partial charge in [0.25, 0.3) is 0 Å². The summed E-state index contributed by atoms with van der Waals surface area (Å²) in [7, 11) is 0. The number of nitrogens with one attached hydrogen (secondary N) is 1. The number of rotatable bonds is 4. The second kappa shape index (κ2) is 5.95. The molecule has 0 saturated carbocycles. The van der Waals surface area contributed by atoms with Crippen LogP contribution in [0, 0.1) is 19.8 Å². The van der Waals surface area contributed by atoms with Gasteiger partial charge in [-0.15, -0.1) is 0 Å². The van der Waals surface area contributed by atoms with Crippen molar-refractivity contribution in [2.75, 3.05) is 13.1 Å². The Bertz CT molecular complexity index is 593. The Labute approximate surface area is 125 Å². The summed E-state index contributed by atoms with van der Waals surface area (Å²) in [6.45, 7) is 6.44. The maximum absolute atomic E-state index is 10.2. The van der Waals surface area contributed by atoms with E-state index in [4.69, 9.17) is 0 Å². The van der Waals surface area contributed by atoms with Crippen molar-refractivity contribution >= 4 is 0 Å². The van der Waals surface area contributed by atoms with Gasteiger partial charge < -0.3 is 5.11 Å². The number of pyridine rings is 1. The van der Waals surface area contributed by atoms with Gasteiger partial charge in [0.2, 0.25) is 0 Å². The molecule has 0 bridgehead atoms. The molecular weight excluding hydrogens is 264 g/mol. The van der Waals surface area contributed by atoms with Gasteiger partial charge in [0.05, 0.1) is 17.5 Å². The van der Waals surface area contributed by atoms with Gasteiger partial charge in [-0.25, -0.2) is 0 Å². The van der Waals surface area contributed by atoms with Gasteiger partial charge in [0.15, 0.2) is 0 Å². The Morgan fingerprint density at radius 1 is 1.29 bits per heavy atom. The molecule has 21 heavy (non-hydrogen) atoms. The van der Waals surface area contributed by atoms with Crippen LogP contribution in [0.15, 0.2) is 24.4 Å². The Morgan fingerprint density at radius 2 is 2.14 bits per heavy atom. The lowest BCUT2D eigenvalue weighted by Crippen LogP contribution is -2.21. The molecule has 0 unspecified atom stereocenters. The normalized spacial score (nSPS) is 22.8. The molecule has 0 radical (unpaired) electrons. The first kappa shape index (κ1) is 14.2. The molecule has 112 valence electrons. The van der Waals surface area contributed by atoms with Gasteiger partial charge in [-0.1, -0.05) is 6.07 Å². The summed E-state index contributed by atoms with van der Waals surface area (Å²) in [6, 6.07) is 6.20. The number of aromatic amines is 1. The lowest BCUT2D eigenvalue weighted by atomic mass is 10.0. The van der Waals surface area contributed by atoms with Gasteiger partial charge in [-0.2, -0.15) is 5.10 Å². The summed E-state index contributed by atoms with van der Waals surface area (Å²) >= 11 is 0. The molecule has 0 spiro atoms. The van der Waals surface area contributed by atoms with E-state index in [0.29, 0.717) is 6.54 Å². The highest BCUT2D eigenvalue weighted by Crippen LogP contribution is 2.22. The minimum Gasteiger partial charge on any atom is -0.391 e. The van der Waals surface area contributed by atoms with E-state index in [1.165, 1.54) is 5.56 Å². The smallest absolute Gasteiger partial charge is 0.0711 e. The van der Waals surface area contributed by atoms with Crippen molar-refractivity contribution in [1.29, 1.82) is 0 Å². The van der Waals surface area contributed by atoms with E-state index in [-0.39, 0.29) is 12.0 Å². The largest absolute Gasteiger partial charge is 0.391 e. The summed E-state index contributed by atoms with van der Waals surface area (Å²) in [5.41, 5.74) is 4.33. The Kier molecular flexibility index (Phi) is 4.03. The van der Waals surface area contributed by atoms with Crippen LogP contribution in [0.3, 0.4) is 0 Å². The van der Waals surface area contributed by atoms with Crippen LogP contribution in [0.4, 0.5) is 0 Å². The monoisotopic (exact) mass is 286 g/mol. The number of β-amino-alcohol motifs (C(OH)–C–C–N with tert-alkyl or cyclic N) is 1. The highest BCUT2D eigenvalue weighted by Gasteiger charge is 2.31. The molecule has 0 aliphatic carbocycles. The fourth-order valence-electron chi connectivity index (χ4n) is 2.94. The lowest BCUT2D eigenvalue weighted by molar-refractivity contribution is 0.140. The zero-order valence-electron chi connectivity index (χ0n) is 12.6. The molecule has 0 aromatic carbocycles. The third-order valence-electron chi connectivity index (χ3n) is 4.07. The SMILES string of the molecule is Cc1ccc(CN2C[C@@H](Cc3cc(C)[nH]n3)[C@H](O)C2)nc1. The maximum atomic E-state index is 10.2. The van der Waals surface area contributed by atoms with E-state index >= 15 is 0 Å². The van der Waals surface area contributed by atoms with Crippen molar-refractivity contribution in [3.63, 3.8) is 0 Å². The first-order valence-corrected chi connectivity index (χ1v) is 7.43. The first-order valence-electron chi connectivity index (χ1n) is 7.43. The van der Waals surface area contributed by atoms with E-state index in [1.807, 2.05) is 20.0 Å². The number of aliphatic hydroxyl groups excluding tert-OH is 1. The van der Waals surface area contributed by atoms with E-state index < -0.39 is 0 Å². The molecule has 2 N–H and O–H groups in total.